The third-order valence-corrected chi connectivity index (χ3v) is 3.64. The van der Waals surface area contributed by atoms with Gasteiger partial charge in [-0.3, -0.25) is 9.78 Å². The van der Waals surface area contributed by atoms with Crippen LogP contribution in [0, 0.1) is 13.8 Å². The Balaban J connectivity index is 1.83. The Morgan fingerprint density at radius 2 is 1.95 bits per heavy atom. The molecule has 0 spiro atoms. The zero-order chi connectivity index (χ0) is 14.8. The van der Waals surface area contributed by atoms with Gasteiger partial charge in [0, 0.05) is 29.8 Å². The second-order valence-electron chi connectivity index (χ2n) is 5.21. The van der Waals surface area contributed by atoms with Crippen molar-refractivity contribution < 1.29 is 4.79 Å². The maximum Gasteiger partial charge on any atom is 0.268 e. The second-order valence-corrected chi connectivity index (χ2v) is 5.21. The van der Waals surface area contributed by atoms with Gasteiger partial charge < -0.3 is 10.3 Å². The predicted molar refractivity (Wildman–Crippen MR) is 83.2 cm³/mol. The molecule has 0 unspecified atom stereocenters. The molecule has 0 atom stereocenters. The maximum absolute atomic E-state index is 12.3. The van der Waals surface area contributed by atoms with Gasteiger partial charge in [-0.05, 0) is 48.7 Å². The van der Waals surface area contributed by atoms with E-state index in [0.717, 1.165) is 22.0 Å². The second kappa shape index (κ2) is 5.40. The van der Waals surface area contributed by atoms with Crippen LogP contribution in [-0.2, 0) is 6.54 Å². The number of aromatic amines is 1. The molecule has 21 heavy (non-hydrogen) atoms. The molecule has 4 heteroatoms. The summed E-state index contributed by atoms with van der Waals surface area (Å²) in [5, 5.41) is 4.03. The first-order valence-electron chi connectivity index (χ1n) is 6.91. The first-order chi connectivity index (χ1) is 10.1. The van der Waals surface area contributed by atoms with Crippen LogP contribution in [0.25, 0.3) is 10.9 Å². The molecule has 0 saturated carbocycles. The van der Waals surface area contributed by atoms with E-state index in [1.807, 2.05) is 26.0 Å². The molecular formula is C17H17N3O. The summed E-state index contributed by atoms with van der Waals surface area (Å²) in [5.41, 5.74) is 4.82. The molecule has 1 aromatic carbocycles. The van der Waals surface area contributed by atoms with Crippen LogP contribution in [0.15, 0.2) is 42.7 Å². The van der Waals surface area contributed by atoms with Gasteiger partial charge in [0.1, 0.15) is 5.69 Å². The van der Waals surface area contributed by atoms with Crippen molar-refractivity contribution in [1.29, 1.82) is 0 Å². The molecule has 3 aromatic rings. The zero-order valence-corrected chi connectivity index (χ0v) is 12.1. The Hall–Kier alpha value is -2.62. The van der Waals surface area contributed by atoms with Crippen molar-refractivity contribution in [2.24, 2.45) is 0 Å². The van der Waals surface area contributed by atoms with Crippen LogP contribution in [-0.4, -0.2) is 15.9 Å². The van der Waals surface area contributed by atoms with Crippen molar-refractivity contribution in [3.05, 3.63) is 65.1 Å². The van der Waals surface area contributed by atoms with Gasteiger partial charge >= 0.3 is 0 Å². The monoisotopic (exact) mass is 279 g/mol. The van der Waals surface area contributed by atoms with Gasteiger partial charge in [-0.2, -0.15) is 0 Å². The number of rotatable bonds is 3. The van der Waals surface area contributed by atoms with E-state index in [1.165, 1.54) is 5.56 Å². The number of pyridine rings is 1. The predicted octanol–water partition coefficient (Wildman–Crippen LogP) is 3.11. The maximum atomic E-state index is 12.3. The van der Waals surface area contributed by atoms with Crippen LogP contribution >= 0.6 is 0 Å². The van der Waals surface area contributed by atoms with E-state index in [-0.39, 0.29) is 5.91 Å². The minimum Gasteiger partial charge on any atom is -0.350 e. The molecule has 4 nitrogen and oxygen atoms in total. The molecule has 0 radical (unpaired) electrons. The Bertz CT molecular complexity index is 790. The third-order valence-electron chi connectivity index (χ3n) is 3.64. The van der Waals surface area contributed by atoms with Crippen molar-refractivity contribution in [2.75, 3.05) is 0 Å². The lowest BCUT2D eigenvalue weighted by Gasteiger charge is -2.04. The third kappa shape index (κ3) is 2.65. The molecular weight excluding hydrogens is 262 g/mol. The highest BCUT2D eigenvalue weighted by atomic mass is 16.1. The van der Waals surface area contributed by atoms with Crippen LogP contribution in [0.2, 0.25) is 0 Å². The average Bonchev–Trinajstić information content (AvgIpc) is 2.82. The van der Waals surface area contributed by atoms with Gasteiger partial charge in [0.2, 0.25) is 0 Å². The molecule has 1 amide bonds. The van der Waals surface area contributed by atoms with Crippen molar-refractivity contribution >= 4 is 16.8 Å². The van der Waals surface area contributed by atoms with E-state index in [9.17, 15) is 4.79 Å². The van der Waals surface area contributed by atoms with Gasteiger partial charge in [-0.25, -0.2) is 0 Å². The first kappa shape index (κ1) is 13.4. The number of hydrogen-bond donors (Lipinski definition) is 2. The van der Waals surface area contributed by atoms with E-state index in [1.54, 1.807) is 12.4 Å². The molecule has 2 heterocycles. The Morgan fingerprint density at radius 3 is 2.71 bits per heavy atom. The van der Waals surface area contributed by atoms with Gasteiger partial charge in [0.25, 0.3) is 5.91 Å². The number of nitrogens with one attached hydrogen (secondary N) is 2. The van der Waals surface area contributed by atoms with E-state index < -0.39 is 0 Å². The van der Waals surface area contributed by atoms with Crippen LogP contribution in [0.5, 0.6) is 0 Å². The summed E-state index contributed by atoms with van der Waals surface area (Å²) in [7, 11) is 0. The van der Waals surface area contributed by atoms with Crippen LogP contribution in [0.4, 0.5) is 0 Å². The normalized spacial score (nSPS) is 10.8. The van der Waals surface area contributed by atoms with E-state index in [4.69, 9.17) is 0 Å². The van der Waals surface area contributed by atoms with E-state index >= 15 is 0 Å². The summed E-state index contributed by atoms with van der Waals surface area (Å²) in [5.74, 6) is -0.0850. The summed E-state index contributed by atoms with van der Waals surface area (Å²) >= 11 is 0. The number of benzene rings is 1. The van der Waals surface area contributed by atoms with Crippen LogP contribution < -0.4 is 5.32 Å². The lowest BCUT2D eigenvalue weighted by atomic mass is 10.1. The number of carbonyl (C=O) groups excluding carboxylic acids is 1. The summed E-state index contributed by atoms with van der Waals surface area (Å²) in [6, 6.07) is 9.95. The SMILES string of the molecule is Cc1ccc2c(C)c(C(=O)NCc3ccncc3)[nH]c2c1. The summed E-state index contributed by atoms with van der Waals surface area (Å²) in [4.78, 5) is 19.5. The number of aryl methyl sites for hydroxylation is 2. The van der Waals surface area contributed by atoms with E-state index in [0.29, 0.717) is 12.2 Å². The number of aromatic nitrogens is 2. The molecule has 0 aliphatic heterocycles. The molecule has 0 fully saturated rings. The standard InChI is InChI=1S/C17H17N3O/c1-11-3-4-14-12(2)16(20-15(14)9-11)17(21)19-10-13-5-7-18-8-6-13/h3-9,20H,10H2,1-2H3,(H,19,21). The first-order valence-corrected chi connectivity index (χ1v) is 6.91. The topological polar surface area (TPSA) is 57.8 Å². The molecule has 2 aromatic heterocycles. The zero-order valence-electron chi connectivity index (χ0n) is 12.1. The van der Waals surface area contributed by atoms with Crippen molar-refractivity contribution in [1.82, 2.24) is 15.3 Å². The quantitative estimate of drug-likeness (QED) is 0.774. The van der Waals surface area contributed by atoms with Gasteiger partial charge in [0.05, 0.1) is 0 Å². The summed E-state index contributed by atoms with van der Waals surface area (Å²) < 4.78 is 0. The summed E-state index contributed by atoms with van der Waals surface area (Å²) in [6.07, 6.45) is 3.44. The van der Waals surface area contributed by atoms with Crippen LogP contribution in [0.1, 0.15) is 27.2 Å². The molecule has 0 aliphatic carbocycles. The Labute approximate surface area is 123 Å². The minimum atomic E-state index is -0.0850. The number of carbonyl (C=O) groups is 1. The number of fused-ring (bicyclic) bond motifs is 1. The number of nitrogens with zero attached hydrogens (tertiary/aromatic N) is 1. The molecule has 106 valence electrons. The molecule has 0 aliphatic rings. The van der Waals surface area contributed by atoms with E-state index in [2.05, 4.69) is 33.5 Å². The fourth-order valence-electron chi connectivity index (χ4n) is 2.45. The van der Waals surface area contributed by atoms with Gasteiger partial charge in [0.15, 0.2) is 0 Å². The van der Waals surface area contributed by atoms with Crippen molar-refractivity contribution in [2.45, 2.75) is 20.4 Å². The number of hydrogen-bond acceptors (Lipinski definition) is 2. The van der Waals surface area contributed by atoms with Crippen LogP contribution in [0.3, 0.4) is 0 Å². The summed E-state index contributed by atoms with van der Waals surface area (Å²) in [6.45, 7) is 4.50. The molecule has 0 bridgehead atoms. The molecule has 0 saturated heterocycles. The molecule has 3 rings (SSSR count). The van der Waals surface area contributed by atoms with Gasteiger partial charge in [-0.1, -0.05) is 12.1 Å². The fourth-order valence-corrected chi connectivity index (χ4v) is 2.45. The van der Waals surface area contributed by atoms with Gasteiger partial charge in [-0.15, -0.1) is 0 Å². The Kier molecular flexibility index (Phi) is 3.44. The largest absolute Gasteiger partial charge is 0.350 e. The molecule has 2 N–H and O–H groups in total. The average molecular weight is 279 g/mol. The fraction of sp³-hybridized carbons (Fsp3) is 0.176. The van der Waals surface area contributed by atoms with Crippen molar-refractivity contribution in [3.63, 3.8) is 0 Å². The lowest BCUT2D eigenvalue weighted by Crippen LogP contribution is -2.23. The number of amides is 1. The smallest absolute Gasteiger partial charge is 0.268 e. The Morgan fingerprint density at radius 1 is 1.19 bits per heavy atom. The highest BCUT2D eigenvalue weighted by molar-refractivity contribution is 6.00. The minimum absolute atomic E-state index is 0.0850. The lowest BCUT2D eigenvalue weighted by molar-refractivity contribution is 0.0946. The highest BCUT2D eigenvalue weighted by Crippen LogP contribution is 2.22. The highest BCUT2D eigenvalue weighted by Gasteiger charge is 2.14. The van der Waals surface area contributed by atoms with Crippen molar-refractivity contribution in [3.8, 4) is 0 Å². The number of H-pyrrole nitrogens is 1.